The minimum absolute atomic E-state index is 1.28. The molecular formula is C31H52O4S. The maximum Gasteiger partial charge on any atom is 0.394 e. The van der Waals surface area contributed by atoms with Gasteiger partial charge in [-0.25, -0.2) is 0 Å². The van der Waals surface area contributed by atoms with Gasteiger partial charge in [0, 0.05) is 0 Å². The van der Waals surface area contributed by atoms with Crippen LogP contribution < -0.4 is 0 Å². The van der Waals surface area contributed by atoms with Crippen LogP contribution in [0.2, 0.25) is 0 Å². The molecular weight excluding hydrogens is 468 g/mol. The maximum atomic E-state index is 8.74. The van der Waals surface area contributed by atoms with Crippen molar-refractivity contribution in [3.05, 3.63) is 47.0 Å². The molecule has 5 heteroatoms. The number of unbranched alkanes of at least 4 members (excludes halogenated alkanes) is 12. The van der Waals surface area contributed by atoms with Crippen LogP contribution in [-0.4, -0.2) is 17.5 Å². The van der Waals surface area contributed by atoms with Gasteiger partial charge in [-0.15, -0.1) is 0 Å². The van der Waals surface area contributed by atoms with E-state index in [1.807, 2.05) is 0 Å². The zero-order chi connectivity index (χ0) is 26.7. The van der Waals surface area contributed by atoms with Gasteiger partial charge in [0.25, 0.3) is 0 Å². The molecule has 0 unspecified atom stereocenters. The lowest BCUT2D eigenvalue weighted by Crippen LogP contribution is -2.04. The molecule has 0 aromatic heterocycles. The zero-order valence-corrected chi connectivity index (χ0v) is 24.1. The topological polar surface area (TPSA) is 74.6 Å². The molecule has 0 radical (unpaired) electrons. The van der Waals surface area contributed by atoms with Crippen molar-refractivity contribution in [2.45, 2.75) is 136 Å². The number of rotatable bonds is 18. The smallest absolute Gasteiger partial charge is 0.264 e. The van der Waals surface area contributed by atoms with Crippen molar-refractivity contribution < 1.29 is 17.5 Å². The second kappa shape index (κ2) is 19.7. The maximum absolute atomic E-state index is 8.74. The van der Waals surface area contributed by atoms with E-state index in [-0.39, 0.29) is 0 Å². The first-order valence-electron chi connectivity index (χ1n) is 14.5. The Morgan fingerprint density at radius 2 is 1.00 bits per heavy atom. The summed E-state index contributed by atoms with van der Waals surface area (Å²) in [5.41, 5.74) is 5.11. The predicted octanol–water partition coefficient (Wildman–Crippen LogP) is 9.73. The van der Waals surface area contributed by atoms with E-state index in [0.29, 0.717) is 0 Å². The number of fused-ring (bicyclic) bond motifs is 1. The Morgan fingerprint density at radius 1 is 0.583 bits per heavy atom. The molecule has 36 heavy (non-hydrogen) atoms. The molecule has 0 aliphatic rings. The van der Waals surface area contributed by atoms with Crippen molar-refractivity contribution in [1.82, 2.24) is 0 Å². The molecule has 0 saturated carbocycles. The first kappa shape index (κ1) is 32.6. The van der Waals surface area contributed by atoms with Crippen molar-refractivity contribution in [1.29, 1.82) is 0 Å². The fourth-order valence-corrected chi connectivity index (χ4v) is 5.08. The van der Waals surface area contributed by atoms with E-state index < -0.39 is 10.4 Å². The van der Waals surface area contributed by atoms with Crippen LogP contribution in [0.3, 0.4) is 0 Å². The number of hydrogen-bond donors (Lipinski definition) is 2. The summed E-state index contributed by atoms with van der Waals surface area (Å²) in [6, 6.07) is 11.8. The second-order valence-corrected chi connectivity index (χ2v) is 11.1. The molecule has 0 bridgehead atoms. The summed E-state index contributed by atoms with van der Waals surface area (Å²) < 4.78 is 31.6. The van der Waals surface area contributed by atoms with E-state index in [9.17, 15) is 0 Å². The fraction of sp³-hybridized carbons (Fsp3) is 0.677. The van der Waals surface area contributed by atoms with E-state index in [2.05, 4.69) is 51.1 Å². The van der Waals surface area contributed by atoms with Gasteiger partial charge in [0.05, 0.1) is 0 Å². The first-order chi connectivity index (χ1) is 17.3. The lowest BCUT2D eigenvalue weighted by molar-refractivity contribution is 0.381. The third-order valence-electron chi connectivity index (χ3n) is 6.98. The Kier molecular flexibility index (Phi) is 17.8. The van der Waals surface area contributed by atoms with Crippen LogP contribution in [0.15, 0.2) is 30.3 Å². The van der Waals surface area contributed by atoms with Gasteiger partial charge < -0.3 is 0 Å². The zero-order valence-electron chi connectivity index (χ0n) is 23.2. The Hall–Kier alpha value is -1.43. The van der Waals surface area contributed by atoms with Gasteiger partial charge in [-0.3, -0.25) is 9.11 Å². The van der Waals surface area contributed by atoms with Gasteiger partial charge in [-0.1, -0.05) is 128 Å². The van der Waals surface area contributed by atoms with Crippen LogP contribution in [0.4, 0.5) is 0 Å². The third kappa shape index (κ3) is 15.0. The molecule has 2 aromatic rings. The van der Waals surface area contributed by atoms with Crippen LogP contribution in [0.5, 0.6) is 0 Å². The summed E-state index contributed by atoms with van der Waals surface area (Å²) in [7, 11) is -4.67. The molecule has 4 nitrogen and oxygen atoms in total. The van der Waals surface area contributed by atoms with Crippen molar-refractivity contribution in [2.24, 2.45) is 0 Å². The van der Waals surface area contributed by atoms with E-state index in [0.717, 1.165) is 0 Å². The van der Waals surface area contributed by atoms with Crippen LogP contribution in [-0.2, 0) is 29.7 Å². The summed E-state index contributed by atoms with van der Waals surface area (Å²) in [6.45, 7) is 6.94. The van der Waals surface area contributed by atoms with Crippen LogP contribution >= 0.6 is 0 Å². The third-order valence-corrected chi connectivity index (χ3v) is 6.98. The summed E-state index contributed by atoms with van der Waals surface area (Å²) in [5, 5.41) is 3.01. The van der Waals surface area contributed by atoms with Crippen molar-refractivity contribution in [3.63, 3.8) is 0 Å². The monoisotopic (exact) mass is 520 g/mol. The largest absolute Gasteiger partial charge is 0.394 e. The number of benzene rings is 2. The summed E-state index contributed by atoms with van der Waals surface area (Å²) in [6.07, 6.45) is 24.5. The first-order valence-corrected chi connectivity index (χ1v) is 15.9. The molecule has 0 aliphatic heterocycles. The molecule has 0 aliphatic carbocycles. The molecule has 0 heterocycles. The van der Waals surface area contributed by atoms with Gasteiger partial charge in [0.2, 0.25) is 0 Å². The number of aryl methyl sites for hydroxylation is 2. The van der Waals surface area contributed by atoms with Crippen molar-refractivity contribution >= 4 is 21.2 Å². The minimum atomic E-state index is -4.67. The molecule has 0 saturated heterocycles. The van der Waals surface area contributed by atoms with Crippen molar-refractivity contribution in [2.75, 3.05) is 0 Å². The molecule has 0 atom stereocenters. The highest BCUT2D eigenvalue weighted by atomic mass is 32.3. The van der Waals surface area contributed by atoms with Crippen LogP contribution in [0.1, 0.15) is 134 Å². The molecule has 2 aromatic carbocycles. The Balaban J connectivity index is 0.00000118. The SMILES string of the molecule is CCCCCCCc1cc2ccccc2c(CCCCCCC)c1CCCCCCC.O=S(=O)(O)O. The van der Waals surface area contributed by atoms with Gasteiger partial charge in [-0.2, -0.15) is 8.42 Å². The summed E-state index contributed by atoms with van der Waals surface area (Å²) in [5.74, 6) is 0. The summed E-state index contributed by atoms with van der Waals surface area (Å²) >= 11 is 0. The highest BCUT2D eigenvalue weighted by Gasteiger charge is 2.13. The highest BCUT2D eigenvalue weighted by molar-refractivity contribution is 7.79. The van der Waals surface area contributed by atoms with Gasteiger partial charge in [0.1, 0.15) is 0 Å². The molecule has 2 N–H and O–H groups in total. The fourth-order valence-electron chi connectivity index (χ4n) is 5.08. The molecule has 0 fully saturated rings. The lowest BCUT2D eigenvalue weighted by atomic mass is 9.86. The average molecular weight is 521 g/mol. The quantitative estimate of drug-likeness (QED) is 0.151. The normalized spacial score (nSPS) is 11.5. The molecule has 0 amide bonds. The van der Waals surface area contributed by atoms with Gasteiger partial charge in [0.15, 0.2) is 0 Å². The lowest BCUT2D eigenvalue weighted by Gasteiger charge is -2.19. The molecule has 0 spiro atoms. The van der Waals surface area contributed by atoms with Crippen LogP contribution in [0, 0.1) is 0 Å². The highest BCUT2D eigenvalue weighted by Crippen LogP contribution is 2.31. The standard InChI is InChI=1S/C31H50.H2O4S/c1-4-7-10-13-16-21-27-26-28-22-19-20-24-30(28)31(25-18-15-12-9-6-3)29(27)23-17-14-11-8-5-2;1-5(2,3)4/h19-20,22,24,26H,4-18,21,23,25H2,1-3H3;(H2,1,2,3,4). The van der Waals surface area contributed by atoms with E-state index >= 15 is 0 Å². The second-order valence-electron chi connectivity index (χ2n) is 10.2. The van der Waals surface area contributed by atoms with E-state index in [1.165, 1.54) is 126 Å². The molecule has 206 valence electrons. The number of hydrogen-bond acceptors (Lipinski definition) is 2. The van der Waals surface area contributed by atoms with E-state index in [1.54, 1.807) is 16.7 Å². The minimum Gasteiger partial charge on any atom is -0.264 e. The molecule has 2 rings (SSSR count). The average Bonchev–Trinajstić information content (AvgIpc) is 2.83. The van der Waals surface area contributed by atoms with Gasteiger partial charge >= 0.3 is 10.4 Å². The van der Waals surface area contributed by atoms with E-state index in [4.69, 9.17) is 17.5 Å². The van der Waals surface area contributed by atoms with Crippen LogP contribution in [0.25, 0.3) is 10.8 Å². The van der Waals surface area contributed by atoms with Crippen molar-refractivity contribution in [3.8, 4) is 0 Å². The Labute approximate surface area is 221 Å². The Bertz CT molecular complexity index is 929. The predicted molar refractivity (Wildman–Crippen MR) is 156 cm³/mol. The Morgan fingerprint density at radius 3 is 1.50 bits per heavy atom. The van der Waals surface area contributed by atoms with Gasteiger partial charge in [-0.05, 0) is 66.0 Å². The summed E-state index contributed by atoms with van der Waals surface area (Å²) in [4.78, 5) is 0.